The molecule has 8 heteroatoms. The van der Waals surface area contributed by atoms with Gasteiger partial charge >= 0.3 is 0 Å². The molecule has 1 unspecified atom stereocenters. The fourth-order valence-electron chi connectivity index (χ4n) is 2.52. The number of carbonyl (C=O) groups excluding carboxylic acids is 2. The van der Waals surface area contributed by atoms with E-state index >= 15 is 0 Å². The maximum absolute atomic E-state index is 12.2. The van der Waals surface area contributed by atoms with Crippen LogP contribution in [0.25, 0.3) is 0 Å². The number of amides is 2. The molecule has 1 aromatic rings. The van der Waals surface area contributed by atoms with Crippen molar-refractivity contribution in [3.63, 3.8) is 0 Å². The van der Waals surface area contributed by atoms with Gasteiger partial charge in [0, 0.05) is 32.8 Å². The summed E-state index contributed by atoms with van der Waals surface area (Å²) in [6.07, 6.45) is 2.97. The Labute approximate surface area is 120 Å². The molecule has 7 nitrogen and oxygen atoms in total. The smallest absolute Gasteiger partial charge is 0.267 e. The Morgan fingerprint density at radius 3 is 2.60 bits per heavy atom. The van der Waals surface area contributed by atoms with Crippen molar-refractivity contribution in [3.05, 3.63) is 11.1 Å². The quantitative estimate of drug-likeness (QED) is 0.768. The molecule has 0 aliphatic carbocycles. The Bertz CT molecular complexity index is 479. The molecule has 2 fully saturated rings. The minimum absolute atomic E-state index is 0.0517. The molecule has 1 atom stereocenters. The Kier molecular flexibility index (Phi) is 3.93. The van der Waals surface area contributed by atoms with Gasteiger partial charge < -0.3 is 14.5 Å². The summed E-state index contributed by atoms with van der Waals surface area (Å²) in [4.78, 5) is 28.4. The molecule has 2 amide bonds. The summed E-state index contributed by atoms with van der Waals surface area (Å²) in [5.74, 6) is 0.0123. The topological polar surface area (TPSA) is 75.6 Å². The van der Waals surface area contributed by atoms with Crippen LogP contribution in [0.1, 0.15) is 22.5 Å². The number of rotatable bonds is 2. The van der Waals surface area contributed by atoms with Gasteiger partial charge in [0.05, 0.1) is 6.20 Å². The lowest BCUT2D eigenvalue weighted by atomic mass is 10.2. The second-order valence-corrected chi connectivity index (χ2v) is 5.69. The number of ether oxygens (including phenoxy) is 1. The van der Waals surface area contributed by atoms with Gasteiger partial charge in [-0.1, -0.05) is 4.49 Å². The van der Waals surface area contributed by atoms with Gasteiger partial charge in [-0.05, 0) is 24.4 Å². The van der Waals surface area contributed by atoms with E-state index in [9.17, 15) is 9.59 Å². The van der Waals surface area contributed by atoms with E-state index in [1.165, 1.54) is 6.20 Å². The van der Waals surface area contributed by atoms with E-state index < -0.39 is 0 Å². The van der Waals surface area contributed by atoms with Gasteiger partial charge in [-0.25, -0.2) is 0 Å². The predicted molar refractivity (Wildman–Crippen MR) is 71.4 cm³/mol. The first-order chi connectivity index (χ1) is 9.75. The molecule has 2 aliphatic rings. The summed E-state index contributed by atoms with van der Waals surface area (Å²) >= 11 is 1.10. The monoisotopic (exact) mass is 296 g/mol. The lowest BCUT2D eigenvalue weighted by Crippen LogP contribution is -2.52. The van der Waals surface area contributed by atoms with Crippen molar-refractivity contribution in [1.82, 2.24) is 19.4 Å². The van der Waals surface area contributed by atoms with Crippen LogP contribution in [-0.4, -0.2) is 70.1 Å². The molecule has 3 heterocycles. The lowest BCUT2D eigenvalue weighted by molar-refractivity contribution is -0.142. The van der Waals surface area contributed by atoms with Crippen molar-refractivity contribution in [2.45, 2.75) is 18.9 Å². The minimum atomic E-state index is -0.275. The molecule has 0 spiro atoms. The Hall–Kier alpha value is -1.54. The molecule has 0 radical (unpaired) electrons. The van der Waals surface area contributed by atoms with E-state index in [0.717, 1.165) is 24.4 Å². The average Bonchev–Trinajstić information content (AvgIpc) is 3.18. The van der Waals surface area contributed by atoms with Crippen LogP contribution in [0.2, 0.25) is 0 Å². The van der Waals surface area contributed by atoms with Crippen LogP contribution in [0.5, 0.6) is 0 Å². The van der Waals surface area contributed by atoms with Crippen molar-refractivity contribution in [1.29, 1.82) is 0 Å². The summed E-state index contributed by atoms with van der Waals surface area (Å²) in [5.41, 5.74) is 0. The zero-order chi connectivity index (χ0) is 13.9. The van der Waals surface area contributed by atoms with Crippen molar-refractivity contribution in [2.24, 2.45) is 0 Å². The molecule has 0 bridgehead atoms. The zero-order valence-corrected chi connectivity index (χ0v) is 11.8. The van der Waals surface area contributed by atoms with E-state index in [2.05, 4.69) is 9.59 Å². The summed E-state index contributed by atoms with van der Waals surface area (Å²) in [6.45, 7) is 2.91. The van der Waals surface area contributed by atoms with Crippen LogP contribution in [0.4, 0.5) is 0 Å². The van der Waals surface area contributed by atoms with E-state index in [1.807, 2.05) is 0 Å². The van der Waals surface area contributed by atoms with Gasteiger partial charge in [0.1, 0.15) is 11.0 Å². The molecule has 0 aromatic carbocycles. The minimum Gasteiger partial charge on any atom is -0.368 e. The predicted octanol–water partition coefficient (Wildman–Crippen LogP) is 0.00150. The normalized spacial score (nSPS) is 23.1. The highest BCUT2D eigenvalue weighted by Crippen LogP contribution is 2.17. The molecule has 108 valence electrons. The maximum atomic E-state index is 12.2. The third-order valence-corrected chi connectivity index (χ3v) is 4.31. The van der Waals surface area contributed by atoms with Gasteiger partial charge in [-0.15, -0.1) is 5.10 Å². The number of hydrogen-bond donors (Lipinski definition) is 0. The molecule has 0 N–H and O–H groups in total. The molecular formula is C12H16N4O3S. The Morgan fingerprint density at radius 1 is 1.25 bits per heavy atom. The fourth-order valence-corrected chi connectivity index (χ4v) is 3.01. The van der Waals surface area contributed by atoms with Crippen molar-refractivity contribution in [3.8, 4) is 0 Å². The van der Waals surface area contributed by atoms with Crippen LogP contribution in [0.3, 0.4) is 0 Å². The standard InChI is InChI=1S/C12H16N4O3S/c17-11(9-2-1-7-19-9)15-3-5-16(6-4-15)12(18)10-8-13-14-20-10/h8-9H,1-7H2. The maximum Gasteiger partial charge on any atom is 0.267 e. The Balaban J connectivity index is 1.54. The Morgan fingerprint density at radius 2 is 2.00 bits per heavy atom. The fraction of sp³-hybridized carbons (Fsp3) is 0.667. The molecule has 20 heavy (non-hydrogen) atoms. The van der Waals surface area contributed by atoms with Crippen LogP contribution in [0, 0.1) is 0 Å². The first-order valence-electron chi connectivity index (χ1n) is 6.73. The van der Waals surface area contributed by atoms with E-state index in [-0.39, 0.29) is 17.9 Å². The highest BCUT2D eigenvalue weighted by atomic mass is 32.1. The lowest BCUT2D eigenvalue weighted by Gasteiger charge is -2.35. The van der Waals surface area contributed by atoms with Crippen LogP contribution in [-0.2, 0) is 9.53 Å². The molecular weight excluding hydrogens is 280 g/mol. The first kappa shape index (κ1) is 13.4. The van der Waals surface area contributed by atoms with Gasteiger partial charge in [0.15, 0.2) is 0 Å². The van der Waals surface area contributed by atoms with E-state index in [0.29, 0.717) is 37.7 Å². The van der Waals surface area contributed by atoms with Gasteiger partial charge in [-0.3, -0.25) is 9.59 Å². The highest BCUT2D eigenvalue weighted by Gasteiger charge is 2.31. The first-order valence-corrected chi connectivity index (χ1v) is 7.50. The number of carbonyl (C=O) groups is 2. The average molecular weight is 296 g/mol. The second-order valence-electron chi connectivity index (χ2n) is 4.90. The molecule has 2 saturated heterocycles. The number of piperazine rings is 1. The number of nitrogens with zero attached hydrogens (tertiary/aromatic N) is 4. The van der Waals surface area contributed by atoms with Crippen LogP contribution < -0.4 is 0 Å². The van der Waals surface area contributed by atoms with Gasteiger partial charge in [0.2, 0.25) is 0 Å². The van der Waals surface area contributed by atoms with Gasteiger partial charge in [0.25, 0.3) is 11.8 Å². The SMILES string of the molecule is O=C(c1cnns1)N1CCN(C(=O)C2CCCO2)CC1. The van der Waals surface area contributed by atoms with E-state index in [4.69, 9.17) is 4.74 Å². The largest absolute Gasteiger partial charge is 0.368 e. The number of hydrogen-bond acceptors (Lipinski definition) is 6. The van der Waals surface area contributed by atoms with Crippen molar-refractivity contribution >= 4 is 23.3 Å². The highest BCUT2D eigenvalue weighted by molar-refractivity contribution is 7.07. The summed E-state index contributed by atoms with van der Waals surface area (Å²) < 4.78 is 9.11. The third kappa shape index (κ3) is 2.66. The number of aromatic nitrogens is 2. The summed E-state index contributed by atoms with van der Waals surface area (Å²) in [5, 5.41) is 3.67. The molecule has 0 saturated carbocycles. The van der Waals surface area contributed by atoms with Crippen LogP contribution in [0.15, 0.2) is 6.20 Å². The van der Waals surface area contributed by atoms with E-state index in [1.54, 1.807) is 9.80 Å². The molecule has 1 aromatic heterocycles. The zero-order valence-electron chi connectivity index (χ0n) is 11.0. The summed E-state index contributed by atoms with van der Waals surface area (Å²) in [7, 11) is 0. The second kappa shape index (κ2) is 5.84. The molecule has 2 aliphatic heterocycles. The van der Waals surface area contributed by atoms with Crippen LogP contribution >= 0.6 is 11.5 Å². The summed E-state index contributed by atoms with van der Waals surface area (Å²) in [6, 6.07) is 0. The van der Waals surface area contributed by atoms with Crippen molar-refractivity contribution < 1.29 is 14.3 Å². The third-order valence-electron chi connectivity index (χ3n) is 3.66. The van der Waals surface area contributed by atoms with Gasteiger partial charge in [-0.2, -0.15) is 0 Å². The van der Waals surface area contributed by atoms with Crippen molar-refractivity contribution in [2.75, 3.05) is 32.8 Å². The molecule has 3 rings (SSSR count).